The Hall–Kier alpha value is -0.660. The minimum Gasteiger partial charge on any atom is -0.359 e. The molecule has 0 saturated carbocycles. The van der Waals surface area contributed by atoms with Crippen molar-refractivity contribution in [3.63, 3.8) is 0 Å². The van der Waals surface area contributed by atoms with Crippen molar-refractivity contribution in [2.24, 2.45) is 0 Å². The van der Waals surface area contributed by atoms with E-state index in [9.17, 15) is 0 Å². The third kappa shape index (κ3) is 17.4. The zero-order valence-electron chi connectivity index (χ0n) is 23.3. The quantitative estimate of drug-likeness (QED) is 0.124. The third-order valence-electron chi connectivity index (χ3n) is 7.68. The molecular weight excluding hydrogens is 400 g/mol. The Kier molecular flexibility index (Phi) is 21.3. The first-order chi connectivity index (χ1) is 16.3. The molecule has 0 spiro atoms. The molecule has 0 aromatic carbocycles. The molecule has 1 aliphatic heterocycles. The van der Waals surface area contributed by atoms with Gasteiger partial charge in [-0.05, 0) is 19.3 Å². The van der Waals surface area contributed by atoms with Gasteiger partial charge in [0.15, 0.2) is 0 Å². The van der Waals surface area contributed by atoms with Gasteiger partial charge in [-0.3, -0.25) is 0 Å². The summed E-state index contributed by atoms with van der Waals surface area (Å²) in [5.41, 5.74) is 0. The van der Waals surface area contributed by atoms with Crippen LogP contribution in [0.25, 0.3) is 0 Å². The van der Waals surface area contributed by atoms with Gasteiger partial charge in [0.05, 0.1) is 0 Å². The van der Waals surface area contributed by atoms with Crippen LogP contribution in [0.4, 0.5) is 0 Å². The maximum Gasteiger partial charge on any atom is 0.100 e. The molecule has 0 N–H and O–H groups in total. The van der Waals surface area contributed by atoms with Crippen molar-refractivity contribution >= 4 is 0 Å². The Morgan fingerprint density at radius 2 is 0.818 bits per heavy atom. The van der Waals surface area contributed by atoms with E-state index < -0.39 is 0 Å². The first-order valence-electron chi connectivity index (χ1n) is 15.5. The summed E-state index contributed by atoms with van der Waals surface area (Å²) in [5, 5.41) is 0. The lowest BCUT2D eigenvalue weighted by Gasteiger charge is -2.30. The van der Waals surface area contributed by atoms with Gasteiger partial charge in [-0.1, -0.05) is 149 Å². The molecule has 0 aromatic heterocycles. The molecule has 0 fully saturated rings. The molecule has 1 atom stereocenters. The van der Waals surface area contributed by atoms with Crippen molar-refractivity contribution in [3.8, 4) is 0 Å². The molecular formula is C31H62N2. The van der Waals surface area contributed by atoms with Crippen molar-refractivity contribution in [2.45, 2.75) is 174 Å². The van der Waals surface area contributed by atoms with Gasteiger partial charge in [0.2, 0.25) is 0 Å². The smallest absolute Gasteiger partial charge is 0.100 e. The van der Waals surface area contributed by atoms with E-state index >= 15 is 0 Å². The summed E-state index contributed by atoms with van der Waals surface area (Å²) in [4.78, 5) is 5.06. The molecule has 1 rings (SSSR count). The van der Waals surface area contributed by atoms with Crippen LogP contribution in [0.3, 0.4) is 0 Å². The maximum atomic E-state index is 2.62. The van der Waals surface area contributed by atoms with Crippen LogP contribution in [0.1, 0.15) is 168 Å². The Bertz CT molecular complexity index is 419. The van der Waals surface area contributed by atoms with Crippen molar-refractivity contribution in [1.29, 1.82) is 0 Å². The topological polar surface area (TPSA) is 6.48 Å². The highest BCUT2D eigenvalue weighted by Crippen LogP contribution is 2.21. The van der Waals surface area contributed by atoms with Crippen molar-refractivity contribution in [3.05, 3.63) is 12.4 Å². The Morgan fingerprint density at radius 3 is 1.24 bits per heavy atom. The summed E-state index contributed by atoms with van der Waals surface area (Å²) in [5.74, 6) is 0. The number of rotatable bonds is 25. The van der Waals surface area contributed by atoms with Crippen LogP contribution in [0, 0.1) is 0 Å². The highest BCUT2D eigenvalue weighted by Gasteiger charge is 2.22. The van der Waals surface area contributed by atoms with Gasteiger partial charge >= 0.3 is 0 Å². The molecule has 1 heterocycles. The van der Waals surface area contributed by atoms with Gasteiger partial charge < -0.3 is 9.80 Å². The molecule has 196 valence electrons. The maximum absolute atomic E-state index is 2.62. The first-order valence-corrected chi connectivity index (χ1v) is 15.5. The fraction of sp³-hybridized carbons (Fsp3) is 0.935. The normalized spacial score (nSPS) is 15.8. The number of hydrogen-bond donors (Lipinski definition) is 0. The zero-order valence-corrected chi connectivity index (χ0v) is 23.3. The Morgan fingerprint density at radius 1 is 0.455 bits per heavy atom. The molecule has 2 heteroatoms. The second-order valence-corrected chi connectivity index (χ2v) is 10.9. The van der Waals surface area contributed by atoms with E-state index in [2.05, 4.69) is 43.1 Å². The van der Waals surface area contributed by atoms with Gasteiger partial charge in [-0.15, -0.1) is 0 Å². The SMILES string of the molecule is CCCCCCCCCCCCCCC1N(C)C=CN1CCCCCCCCCCCCC. The number of nitrogens with zero attached hydrogens (tertiary/aromatic N) is 2. The molecule has 2 nitrogen and oxygen atoms in total. The van der Waals surface area contributed by atoms with Gasteiger partial charge in [0.25, 0.3) is 0 Å². The van der Waals surface area contributed by atoms with Crippen LogP contribution in [0.15, 0.2) is 12.4 Å². The molecule has 0 radical (unpaired) electrons. The minimum absolute atomic E-state index is 0.622. The van der Waals surface area contributed by atoms with E-state index in [1.165, 1.54) is 161 Å². The van der Waals surface area contributed by atoms with Crippen LogP contribution < -0.4 is 0 Å². The highest BCUT2D eigenvalue weighted by atomic mass is 15.4. The van der Waals surface area contributed by atoms with Gasteiger partial charge in [-0.25, -0.2) is 0 Å². The second-order valence-electron chi connectivity index (χ2n) is 10.9. The molecule has 0 amide bonds. The van der Waals surface area contributed by atoms with E-state index in [1.54, 1.807) is 0 Å². The number of hydrogen-bond acceptors (Lipinski definition) is 2. The summed E-state index contributed by atoms with van der Waals surface area (Å²) >= 11 is 0. The van der Waals surface area contributed by atoms with E-state index in [0.717, 1.165) is 0 Å². The minimum atomic E-state index is 0.622. The lowest BCUT2D eigenvalue weighted by molar-refractivity contribution is 0.159. The second kappa shape index (κ2) is 23.1. The summed E-state index contributed by atoms with van der Waals surface area (Å²) in [6.07, 6.45) is 39.7. The average molecular weight is 463 g/mol. The van der Waals surface area contributed by atoms with Crippen LogP contribution in [0.2, 0.25) is 0 Å². The van der Waals surface area contributed by atoms with E-state index in [-0.39, 0.29) is 0 Å². The largest absolute Gasteiger partial charge is 0.359 e. The Labute approximate surface area is 210 Å². The predicted molar refractivity (Wildman–Crippen MR) is 150 cm³/mol. The average Bonchev–Trinajstić information content (AvgIpc) is 3.17. The van der Waals surface area contributed by atoms with Crippen molar-refractivity contribution < 1.29 is 0 Å². The number of unbranched alkanes of at least 4 members (excludes halogenated alkanes) is 21. The van der Waals surface area contributed by atoms with Gasteiger partial charge in [0.1, 0.15) is 6.17 Å². The van der Waals surface area contributed by atoms with E-state index in [4.69, 9.17) is 0 Å². The standard InChI is InChI=1S/C31H62N2/c1-4-6-8-10-12-14-16-17-19-21-23-25-27-31-32(3)29-30-33(31)28-26-24-22-20-18-15-13-11-9-7-5-2/h29-31H,4-28H2,1-3H3. The zero-order chi connectivity index (χ0) is 23.8. The fourth-order valence-corrected chi connectivity index (χ4v) is 5.34. The predicted octanol–water partition coefficient (Wildman–Crippen LogP) is 10.4. The molecule has 0 aromatic rings. The van der Waals surface area contributed by atoms with Crippen LogP contribution in [-0.2, 0) is 0 Å². The summed E-state index contributed by atoms with van der Waals surface area (Å²) in [6.45, 7) is 5.86. The monoisotopic (exact) mass is 462 g/mol. The lowest BCUT2D eigenvalue weighted by Crippen LogP contribution is -2.37. The van der Waals surface area contributed by atoms with E-state index in [1.807, 2.05) is 0 Å². The van der Waals surface area contributed by atoms with Crippen LogP contribution >= 0.6 is 0 Å². The van der Waals surface area contributed by atoms with Crippen LogP contribution in [0.5, 0.6) is 0 Å². The third-order valence-corrected chi connectivity index (χ3v) is 7.68. The molecule has 33 heavy (non-hydrogen) atoms. The highest BCUT2D eigenvalue weighted by molar-refractivity contribution is 4.95. The molecule has 1 unspecified atom stereocenters. The summed E-state index contributed by atoms with van der Waals surface area (Å²) in [7, 11) is 2.27. The Balaban J connectivity index is 1.92. The van der Waals surface area contributed by atoms with Crippen molar-refractivity contribution in [2.75, 3.05) is 13.6 Å². The summed E-state index contributed by atoms with van der Waals surface area (Å²) in [6, 6.07) is 0. The lowest BCUT2D eigenvalue weighted by atomic mass is 10.0. The molecule has 0 aliphatic carbocycles. The van der Waals surface area contributed by atoms with Crippen LogP contribution in [-0.4, -0.2) is 29.6 Å². The van der Waals surface area contributed by atoms with Crippen molar-refractivity contribution in [1.82, 2.24) is 9.80 Å². The molecule has 0 bridgehead atoms. The summed E-state index contributed by atoms with van der Waals surface area (Å²) < 4.78 is 0. The van der Waals surface area contributed by atoms with Gasteiger partial charge in [-0.2, -0.15) is 0 Å². The van der Waals surface area contributed by atoms with E-state index in [0.29, 0.717) is 6.17 Å². The molecule has 1 aliphatic rings. The first kappa shape index (κ1) is 30.4. The fourth-order valence-electron chi connectivity index (χ4n) is 5.34. The van der Waals surface area contributed by atoms with Gasteiger partial charge in [0, 0.05) is 26.0 Å². The molecule has 0 saturated heterocycles.